The lowest BCUT2D eigenvalue weighted by Gasteiger charge is -2.27. The van der Waals surface area contributed by atoms with Crippen molar-refractivity contribution in [2.45, 2.75) is 39.0 Å². The number of rotatable bonds is 4. The van der Waals surface area contributed by atoms with Gasteiger partial charge in [-0.2, -0.15) is 0 Å². The zero-order chi connectivity index (χ0) is 14.5. The fourth-order valence-corrected chi connectivity index (χ4v) is 2.84. The monoisotopic (exact) mass is 276 g/mol. The molecule has 0 saturated heterocycles. The van der Waals surface area contributed by atoms with Gasteiger partial charge in [-0.05, 0) is 43.7 Å². The van der Waals surface area contributed by atoms with Crippen molar-refractivity contribution >= 4 is 17.3 Å². The van der Waals surface area contributed by atoms with E-state index in [1.165, 1.54) is 6.42 Å². The third kappa shape index (κ3) is 3.44. The van der Waals surface area contributed by atoms with E-state index in [4.69, 9.17) is 10.5 Å². The first kappa shape index (κ1) is 14.7. The van der Waals surface area contributed by atoms with E-state index in [1.807, 2.05) is 0 Å². The Labute approximate surface area is 120 Å². The van der Waals surface area contributed by atoms with Gasteiger partial charge in [-0.1, -0.05) is 13.3 Å². The molecule has 1 amide bonds. The Kier molecular flexibility index (Phi) is 4.88. The van der Waals surface area contributed by atoms with Crippen molar-refractivity contribution in [3.8, 4) is 5.75 Å². The first-order valence-corrected chi connectivity index (χ1v) is 7.38. The van der Waals surface area contributed by atoms with Gasteiger partial charge < -0.3 is 15.8 Å². The standard InChI is InChI=1S/C16H24N2O2/c1-3-11-4-6-12(7-5-11)16(19)18-15-10-13(20-2)8-9-14(15)17/h8-12H,3-7,17H2,1-2H3,(H,18,19). The predicted octanol–water partition coefficient (Wildman–Crippen LogP) is 3.43. The second kappa shape index (κ2) is 6.64. The van der Waals surface area contributed by atoms with Gasteiger partial charge in [-0.3, -0.25) is 4.79 Å². The average Bonchev–Trinajstić information content (AvgIpc) is 2.49. The highest BCUT2D eigenvalue weighted by Crippen LogP contribution is 2.32. The molecule has 0 atom stereocenters. The number of carbonyl (C=O) groups is 1. The van der Waals surface area contributed by atoms with Crippen LogP contribution in [0.2, 0.25) is 0 Å². The molecule has 1 aromatic carbocycles. The van der Waals surface area contributed by atoms with Crippen molar-refractivity contribution in [2.75, 3.05) is 18.2 Å². The average molecular weight is 276 g/mol. The summed E-state index contributed by atoms with van der Waals surface area (Å²) in [4.78, 5) is 12.3. The summed E-state index contributed by atoms with van der Waals surface area (Å²) < 4.78 is 5.16. The Hall–Kier alpha value is -1.71. The van der Waals surface area contributed by atoms with Crippen LogP contribution in [0.25, 0.3) is 0 Å². The minimum Gasteiger partial charge on any atom is -0.497 e. The second-order valence-corrected chi connectivity index (χ2v) is 5.57. The lowest BCUT2D eigenvalue weighted by molar-refractivity contribution is -0.121. The number of carbonyl (C=O) groups excluding carboxylic acids is 1. The van der Waals surface area contributed by atoms with Crippen molar-refractivity contribution in [3.05, 3.63) is 18.2 Å². The summed E-state index contributed by atoms with van der Waals surface area (Å²) in [5.41, 5.74) is 7.11. The topological polar surface area (TPSA) is 64.3 Å². The summed E-state index contributed by atoms with van der Waals surface area (Å²) in [7, 11) is 1.60. The molecule has 4 heteroatoms. The molecule has 110 valence electrons. The number of hydrogen-bond donors (Lipinski definition) is 2. The van der Waals surface area contributed by atoms with Crippen molar-refractivity contribution in [3.63, 3.8) is 0 Å². The van der Waals surface area contributed by atoms with Crippen molar-refractivity contribution in [1.82, 2.24) is 0 Å². The zero-order valence-corrected chi connectivity index (χ0v) is 12.3. The lowest BCUT2D eigenvalue weighted by Crippen LogP contribution is -2.27. The van der Waals surface area contributed by atoms with E-state index in [0.717, 1.165) is 31.6 Å². The fraction of sp³-hybridized carbons (Fsp3) is 0.562. The SMILES string of the molecule is CCC1CCC(C(=O)Nc2cc(OC)ccc2N)CC1. The van der Waals surface area contributed by atoms with Gasteiger partial charge in [0.2, 0.25) is 5.91 Å². The molecule has 0 bridgehead atoms. The molecule has 1 saturated carbocycles. The third-order valence-corrected chi connectivity index (χ3v) is 4.31. The van der Waals surface area contributed by atoms with E-state index >= 15 is 0 Å². The summed E-state index contributed by atoms with van der Waals surface area (Å²) in [5.74, 6) is 1.69. The molecule has 3 N–H and O–H groups in total. The van der Waals surface area contributed by atoms with E-state index in [0.29, 0.717) is 17.1 Å². The maximum atomic E-state index is 12.3. The highest BCUT2D eigenvalue weighted by molar-refractivity contribution is 5.95. The zero-order valence-electron chi connectivity index (χ0n) is 12.3. The Morgan fingerprint density at radius 2 is 2.05 bits per heavy atom. The van der Waals surface area contributed by atoms with Gasteiger partial charge in [-0.15, -0.1) is 0 Å². The van der Waals surface area contributed by atoms with Crippen molar-refractivity contribution in [2.24, 2.45) is 11.8 Å². The number of hydrogen-bond acceptors (Lipinski definition) is 3. The van der Waals surface area contributed by atoms with E-state index < -0.39 is 0 Å². The van der Waals surface area contributed by atoms with Gasteiger partial charge >= 0.3 is 0 Å². The van der Waals surface area contributed by atoms with Gasteiger partial charge in [0.15, 0.2) is 0 Å². The molecule has 0 spiro atoms. The summed E-state index contributed by atoms with van der Waals surface area (Å²) in [6.07, 6.45) is 5.49. The second-order valence-electron chi connectivity index (χ2n) is 5.57. The van der Waals surface area contributed by atoms with Crippen LogP contribution in [0.15, 0.2) is 18.2 Å². The van der Waals surface area contributed by atoms with Crippen LogP contribution in [0.4, 0.5) is 11.4 Å². The first-order chi connectivity index (χ1) is 9.63. The molecule has 1 aliphatic carbocycles. The van der Waals surface area contributed by atoms with Gasteiger partial charge in [0, 0.05) is 12.0 Å². The van der Waals surface area contributed by atoms with Gasteiger partial charge in [0.1, 0.15) is 5.75 Å². The Bertz CT molecular complexity index is 466. The molecule has 0 radical (unpaired) electrons. The molecule has 20 heavy (non-hydrogen) atoms. The molecule has 0 heterocycles. The quantitative estimate of drug-likeness (QED) is 0.828. The maximum absolute atomic E-state index is 12.3. The van der Waals surface area contributed by atoms with Gasteiger partial charge in [-0.25, -0.2) is 0 Å². The van der Waals surface area contributed by atoms with Crippen LogP contribution in [0, 0.1) is 11.8 Å². The molecule has 0 aliphatic heterocycles. The van der Waals surface area contributed by atoms with Gasteiger partial charge in [0.25, 0.3) is 0 Å². The smallest absolute Gasteiger partial charge is 0.227 e. The van der Waals surface area contributed by atoms with E-state index in [9.17, 15) is 4.79 Å². The summed E-state index contributed by atoms with van der Waals surface area (Å²) in [5, 5.41) is 2.94. The largest absolute Gasteiger partial charge is 0.497 e. The highest BCUT2D eigenvalue weighted by Gasteiger charge is 2.25. The molecule has 0 aromatic heterocycles. The third-order valence-electron chi connectivity index (χ3n) is 4.31. The fourth-order valence-electron chi connectivity index (χ4n) is 2.84. The number of ether oxygens (including phenoxy) is 1. The summed E-state index contributed by atoms with van der Waals surface area (Å²) in [6, 6.07) is 5.31. The lowest BCUT2D eigenvalue weighted by atomic mass is 9.80. The maximum Gasteiger partial charge on any atom is 0.227 e. The van der Waals surface area contributed by atoms with Crippen LogP contribution < -0.4 is 15.8 Å². The molecule has 0 unspecified atom stereocenters. The van der Waals surface area contributed by atoms with Crippen LogP contribution in [0.5, 0.6) is 5.75 Å². The number of methoxy groups -OCH3 is 1. The number of nitrogens with two attached hydrogens (primary N) is 1. The van der Waals surface area contributed by atoms with Crippen molar-refractivity contribution < 1.29 is 9.53 Å². The van der Waals surface area contributed by atoms with Crippen LogP contribution >= 0.6 is 0 Å². The molecule has 1 fully saturated rings. The number of nitrogen functional groups attached to an aromatic ring is 1. The van der Waals surface area contributed by atoms with Crippen LogP contribution in [0.1, 0.15) is 39.0 Å². The molecule has 4 nitrogen and oxygen atoms in total. The normalized spacial score (nSPS) is 22.3. The molecule has 1 aliphatic rings. The van der Waals surface area contributed by atoms with Crippen LogP contribution in [0.3, 0.4) is 0 Å². The molecular formula is C16H24N2O2. The Morgan fingerprint density at radius 3 is 2.65 bits per heavy atom. The van der Waals surface area contributed by atoms with E-state index in [1.54, 1.807) is 25.3 Å². The highest BCUT2D eigenvalue weighted by atomic mass is 16.5. The molecular weight excluding hydrogens is 252 g/mol. The summed E-state index contributed by atoms with van der Waals surface area (Å²) in [6.45, 7) is 2.22. The van der Waals surface area contributed by atoms with Crippen LogP contribution in [-0.2, 0) is 4.79 Å². The number of nitrogens with one attached hydrogen (secondary N) is 1. The minimum atomic E-state index is 0.0829. The van der Waals surface area contributed by atoms with E-state index in [2.05, 4.69) is 12.2 Å². The minimum absolute atomic E-state index is 0.0829. The first-order valence-electron chi connectivity index (χ1n) is 7.38. The molecule has 2 rings (SSSR count). The van der Waals surface area contributed by atoms with Crippen LogP contribution in [-0.4, -0.2) is 13.0 Å². The van der Waals surface area contributed by atoms with E-state index in [-0.39, 0.29) is 11.8 Å². The number of anilines is 2. The Balaban J connectivity index is 1.98. The number of benzene rings is 1. The predicted molar refractivity (Wildman–Crippen MR) is 81.8 cm³/mol. The summed E-state index contributed by atoms with van der Waals surface area (Å²) >= 11 is 0. The van der Waals surface area contributed by atoms with Gasteiger partial charge in [0.05, 0.1) is 18.5 Å². The number of amides is 1. The molecule has 1 aromatic rings. The van der Waals surface area contributed by atoms with Crippen molar-refractivity contribution in [1.29, 1.82) is 0 Å². The Morgan fingerprint density at radius 1 is 1.35 bits per heavy atom.